The molecule has 1 saturated heterocycles. The predicted octanol–water partition coefficient (Wildman–Crippen LogP) is 3.84. The van der Waals surface area contributed by atoms with E-state index in [1.807, 2.05) is 45.5 Å². The number of hydrogen-bond acceptors (Lipinski definition) is 12. The minimum absolute atomic E-state index is 0.00567. The molecule has 1 saturated carbocycles. The number of nitrogens with zero attached hydrogens (tertiary/aromatic N) is 9. The highest BCUT2D eigenvalue weighted by atomic mass is 16.5. The minimum Gasteiger partial charge on any atom is -0.741 e. The van der Waals surface area contributed by atoms with Crippen LogP contribution in [-0.4, -0.2) is 98.4 Å². The highest BCUT2D eigenvalue weighted by Crippen LogP contribution is 2.34. The molecule has 5 heterocycles. The van der Waals surface area contributed by atoms with E-state index in [4.69, 9.17) is 24.2 Å². The van der Waals surface area contributed by atoms with Crippen LogP contribution in [0.5, 0.6) is 11.6 Å². The number of ether oxygens (including phenoxy) is 3. The maximum atomic E-state index is 11.7. The zero-order chi connectivity index (χ0) is 32.2. The molecule has 0 radical (unpaired) electrons. The normalized spacial score (nSPS) is 19.3. The fourth-order valence-corrected chi connectivity index (χ4v) is 6.00. The summed E-state index contributed by atoms with van der Waals surface area (Å²) in [4.78, 5) is 27.3. The molecule has 1 atom stereocenters. The molecule has 1 unspecified atom stereocenters. The number of aromatic nitrogens is 6. The molecule has 14 heteroatoms. The quantitative estimate of drug-likeness (QED) is 0.111. The van der Waals surface area contributed by atoms with Crippen molar-refractivity contribution in [1.82, 2.24) is 34.4 Å². The van der Waals surface area contributed by atoms with Crippen LogP contribution in [-0.2, 0) is 18.3 Å². The van der Waals surface area contributed by atoms with Crippen molar-refractivity contribution in [3.05, 3.63) is 53.4 Å². The molecule has 0 aromatic carbocycles. The first-order valence-electron chi connectivity index (χ1n) is 15.7. The Hall–Kier alpha value is -4.56. The van der Waals surface area contributed by atoms with E-state index in [2.05, 4.69) is 36.8 Å². The van der Waals surface area contributed by atoms with Crippen molar-refractivity contribution in [2.24, 2.45) is 7.05 Å². The molecule has 0 amide bonds. The van der Waals surface area contributed by atoms with Crippen molar-refractivity contribution in [2.45, 2.75) is 57.4 Å². The monoisotopic (exact) mass is 630 g/mol. The second kappa shape index (κ2) is 13.8. The van der Waals surface area contributed by atoms with E-state index in [0.29, 0.717) is 35.5 Å². The van der Waals surface area contributed by atoms with Crippen LogP contribution in [0.25, 0.3) is 10.9 Å². The lowest BCUT2D eigenvalue weighted by Gasteiger charge is -2.31. The zero-order valence-electron chi connectivity index (χ0n) is 26.9. The van der Waals surface area contributed by atoms with Gasteiger partial charge in [0.1, 0.15) is 23.9 Å². The number of nitrogens with one attached hydrogen (secondary N) is 1. The Labute approximate surface area is 268 Å². The number of fused-ring (bicyclic) bond motifs is 1. The van der Waals surface area contributed by atoms with Gasteiger partial charge in [-0.05, 0) is 52.8 Å². The number of rotatable bonds is 11. The SMILES string of the molecule is C=[N+]([O-])c1ncc(C(C)Oc2cnc3cc(N4CCOCC4)nc(O[C@H]4CC[C@@H](Nc5ncc(CN(C)C)cn5)CC4)c3c2)n1C. The number of hydrogen-bond donors (Lipinski definition) is 1. The van der Waals surface area contributed by atoms with Crippen LogP contribution in [0.2, 0.25) is 0 Å². The van der Waals surface area contributed by atoms with E-state index >= 15 is 0 Å². The van der Waals surface area contributed by atoms with Gasteiger partial charge in [-0.15, -0.1) is 0 Å². The molecule has 0 bridgehead atoms. The van der Waals surface area contributed by atoms with Gasteiger partial charge in [-0.1, -0.05) is 4.98 Å². The third kappa shape index (κ3) is 7.29. The van der Waals surface area contributed by atoms with Crippen LogP contribution >= 0.6 is 0 Å². The molecule has 2 aliphatic rings. The van der Waals surface area contributed by atoms with Crippen LogP contribution in [0.4, 0.5) is 17.7 Å². The summed E-state index contributed by atoms with van der Waals surface area (Å²) in [7, 11) is 5.82. The second-order valence-electron chi connectivity index (χ2n) is 12.2. The summed E-state index contributed by atoms with van der Waals surface area (Å²) in [5, 5.41) is 16.0. The molecular formula is C32H42N10O4. The molecule has 1 aliphatic heterocycles. The van der Waals surface area contributed by atoms with Crippen LogP contribution in [0.1, 0.15) is 50.0 Å². The van der Waals surface area contributed by atoms with Gasteiger partial charge in [-0.3, -0.25) is 9.72 Å². The molecule has 244 valence electrons. The Bertz CT molecular complexity index is 1650. The van der Waals surface area contributed by atoms with Crippen LogP contribution in [0.15, 0.2) is 36.9 Å². The van der Waals surface area contributed by atoms with Crippen molar-refractivity contribution in [2.75, 3.05) is 50.6 Å². The van der Waals surface area contributed by atoms with Gasteiger partial charge in [0.15, 0.2) is 11.8 Å². The lowest BCUT2D eigenvalue weighted by atomic mass is 9.93. The van der Waals surface area contributed by atoms with E-state index in [1.54, 1.807) is 24.0 Å². The third-order valence-electron chi connectivity index (χ3n) is 8.38. The van der Waals surface area contributed by atoms with E-state index in [-0.39, 0.29) is 18.1 Å². The Morgan fingerprint density at radius 3 is 2.48 bits per heavy atom. The van der Waals surface area contributed by atoms with Crippen molar-refractivity contribution in [3.8, 4) is 11.6 Å². The molecule has 46 heavy (non-hydrogen) atoms. The number of anilines is 2. The van der Waals surface area contributed by atoms with E-state index < -0.39 is 6.10 Å². The fourth-order valence-electron chi connectivity index (χ4n) is 6.00. The second-order valence-corrected chi connectivity index (χ2v) is 12.2. The molecule has 1 aliphatic carbocycles. The summed E-state index contributed by atoms with van der Waals surface area (Å²) in [6, 6.07) is 4.19. The van der Waals surface area contributed by atoms with Gasteiger partial charge >= 0.3 is 5.95 Å². The summed E-state index contributed by atoms with van der Waals surface area (Å²) < 4.78 is 20.6. The van der Waals surface area contributed by atoms with Crippen molar-refractivity contribution < 1.29 is 18.9 Å². The summed E-state index contributed by atoms with van der Waals surface area (Å²) in [6.45, 7) is 8.92. The topological polar surface area (TPSA) is 142 Å². The highest BCUT2D eigenvalue weighted by Gasteiger charge is 2.26. The van der Waals surface area contributed by atoms with Crippen molar-refractivity contribution in [3.63, 3.8) is 0 Å². The Kier molecular flexibility index (Phi) is 9.45. The number of morpholine rings is 1. The van der Waals surface area contributed by atoms with Crippen LogP contribution in [0, 0.1) is 5.21 Å². The largest absolute Gasteiger partial charge is 0.741 e. The Morgan fingerprint density at radius 2 is 1.80 bits per heavy atom. The molecular weight excluding hydrogens is 588 g/mol. The first-order valence-corrected chi connectivity index (χ1v) is 15.7. The fraction of sp³-hybridized carbons (Fsp3) is 0.500. The van der Waals surface area contributed by atoms with Gasteiger partial charge < -0.3 is 34.5 Å². The highest BCUT2D eigenvalue weighted by molar-refractivity contribution is 5.87. The van der Waals surface area contributed by atoms with E-state index in [1.165, 1.54) is 0 Å². The molecule has 1 N–H and O–H groups in total. The van der Waals surface area contributed by atoms with E-state index in [0.717, 1.165) is 73.3 Å². The Balaban J connectivity index is 1.18. The van der Waals surface area contributed by atoms with Crippen molar-refractivity contribution in [1.29, 1.82) is 0 Å². The standard InChI is InChI=1S/C32H42N10O4/c1-21(28-19-36-32(40(28)4)41(5)43)45-25-14-26-27(33-18-25)15-29(42-10-12-44-13-11-42)38-30(26)46-24-8-6-23(7-9-24)37-31-34-16-22(17-35-31)20-39(2)3/h14-19,21,23-24H,5-13,20H2,1-4H3,(H,34,35,37)/t21?,23-,24+. The van der Waals surface area contributed by atoms with Gasteiger partial charge in [0.05, 0.1) is 37.4 Å². The number of pyridine rings is 2. The van der Waals surface area contributed by atoms with Gasteiger partial charge in [0.25, 0.3) is 0 Å². The number of imidazole rings is 1. The average molecular weight is 631 g/mol. The summed E-state index contributed by atoms with van der Waals surface area (Å²) in [6.07, 6.45) is 10.3. The third-order valence-corrected chi connectivity index (χ3v) is 8.38. The maximum absolute atomic E-state index is 11.7. The van der Waals surface area contributed by atoms with Gasteiger partial charge in [-0.2, -0.15) is 4.98 Å². The van der Waals surface area contributed by atoms with Crippen LogP contribution < -0.4 is 19.7 Å². The van der Waals surface area contributed by atoms with Crippen LogP contribution in [0.3, 0.4) is 0 Å². The van der Waals surface area contributed by atoms with Gasteiger partial charge in [0.2, 0.25) is 11.8 Å². The summed E-state index contributed by atoms with van der Waals surface area (Å²) in [5.74, 6) is 2.79. The first-order chi connectivity index (χ1) is 22.2. The molecule has 0 spiro atoms. The maximum Gasteiger partial charge on any atom is 0.398 e. The molecule has 4 aromatic heterocycles. The lowest BCUT2D eigenvalue weighted by Crippen LogP contribution is -2.37. The Morgan fingerprint density at radius 1 is 1.07 bits per heavy atom. The smallest absolute Gasteiger partial charge is 0.398 e. The molecule has 4 aromatic rings. The van der Waals surface area contributed by atoms with Gasteiger partial charge in [0, 0.05) is 56.4 Å². The van der Waals surface area contributed by atoms with Crippen molar-refractivity contribution >= 4 is 35.3 Å². The molecule has 14 nitrogen and oxygen atoms in total. The average Bonchev–Trinajstić information content (AvgIpc) is 3.45. The lowest BCUT2D eigenvalue weighted by molar-refractivity contribution is -0.362. The summed E-state index contributed by atoms with van der Waals surface area (Å²) >= 11 is 0. The predicted molar refractivity (Wildman–Crippen MR) is 175 cm³/mol. The molecule has 2 fully saturated rings. The van der Waals surface area contributed by atoms with Gasteiger partial charge in [-0.25, -0.2) is 14.5 Å². The van der Waals surface area contributed by atoms with E-state index in [9.17, 15) is 5.21 Å². The summed E-state index contributed by atoms with van der Waals surface area (Å²) in [5.41, 5.74) is 2.59. The first kappa shape index (κ1) is 31.4. The zero-order valence-corrected chi connectivity index (χ0v) is 26.9. The minimum atomic E-state index is -0.397. The molecule has 6 rings (SSSR count).